The molecule has 0 heterocycles. The number of methoxy groups -OCH3 is 1. The molecule has 0 saturated heterocycles. The summed E-state index contributed by atoms with van der Waals surface area (Å²) in [6.45, 7) is 5.68. The first-order chi connectivity index (χ1) is 11.5. The highest BCUT2D eigenvalue weighted by atomic mass is 16.6. The van der Waals surface area contributed by atoms with Crippen LogP contribution in [0.1, 0.15) is 20.8 Å². The van der Waals surface area contributed by atoms with Gasteiger partial charge in [0.15, 0.2) is 0 Å². The molecule has 25 heavy (non-hydrogen) atoms. The number of non-ortho nitro benzene ring substituents is 1. The molecule has 1 aromatic carbocycles. The predicted octanol–water partition coefficient (Wildman–Crippen LogP) is 1.39. The molecule has 0 unspecified atom stereocenters. The van der Waals surface area contributed by atoms with Gasteiger partial charge >= 0.3 is 0 Å². The van der Waals surface area contributed by atoms with Crippen molar-refractivity contribution in [2.24, 2.45) is 0 Å². The molecule has 138 valence electrons. The molecule has 9 heteroatoms. The van der Waals surface area contributed by atoms with Gasteiger partial charge in [-0.3, -0.25) is 24.6 Å². The van der Waals surface area contributed by atoms with Crippen LogP contribution in [0.2, 0.25) is 0 Å². The maximum atomic E-state index is 12.1. The van der Waals surface area contributed by atoms with Crippen molar-refractivity contribution in [2.45, 2.75) is 26.3 Å². The van der Waals surface area contributed by atoms with Crippen LogP contribution in [0, 0.1) is 10.1 Å². The van der Waals surface area contributed by atoms with Crippen molar-refractivity contribution >= 4 is 23.2 Å². The third kappa shape index (κ3) is 7.17. The van der Waals surface area contributed by atoms with Gasteiger partial charge in [-0.25, -0.2) is 0 Å². The Morgan fingerprint density at radius 2 is 1.84 bits per heavy atom. The number of anilines is 1. The summed E-state index contributed by atoms with van der Waals surface area (Å²) in [5, 5.41) is 16.2. The van der Waals surface area contributed by atoms with Crippen molar-refractivity contribution in [1.82, 2.24) is 10.2 Å². The summed E-state index contributed by atoms with van der Waals surface area (Å²) in [4.78, 5) is 35.7. The van der Waals surface area contributed by atoms with Crippen LogP contribution in [-0.2, 0) is 9.59 Å². The number of amides is 2. The quantitative estimate of drug-likeness (QED) is 0.566. The Morgan fingerprint density at radius 1 is 1.24 bits per heavy atom. The second-order valence-electron chi connectivity index (χ2n) is 6.66. The lowest BCUT2D eigenvalue weighted by Gasteiger charge is -2.23. The van der Waals surface area contributed by atoms with Gasteiger partial charge in [-0.15, -0.1) is 0 Å². The van der Waals surface area contributed by atoms with Crippen LogP contribution in [0.4, 0.5) is 11.4 Å². The van der Waals surface area contributed by atoms with Crippen molar-refractivity contribution in [3.05, 3.63) is 28.3 Å². The molecule has 0 atom stereocenters. The molecule has 0 aromatic heterocycles. The number of hydrogen-bond acceptors (Lipinski definition) is 6. The normalized spacial score (nSPS) is 11.1. The first kappa shape index (κ1) is 20.4. The first-order valence-electron chi connectivity index (χ1n) is 7.63. The molecule has 0 spiro atoms. The number of nitrogens with zero attached hydrogens (tertiary/aromatic N) is 2. The molecular weight excluding hydrogens is 328 g/mol. The number of nitro benzene ring substituents is 1. The summed E-state index contributed by atoms with van der Waals surface area (Å²) in [5.74, 6) is -0.357. The minimum atomic E-state index is -0.546. The summed E-state index contributed by atoms with van der Waals surface area (Å²) in [6.07, 6.45) is 0. The first-order valence-corrected chi connectivity index (χ1v) is 7.63. The van der Waals surface area contributed by atoms with Gasteiger partial charge in [-0.1, -0.05) is 0 Å². The molecule has 2 N–H and O–H groups in total. The minimum Gasteiger partial charge on any atom is -0.494 e. The van der Waals surface area contributed by atoms with Crippen LogP contribution in [0.3, 0.4) is 0 Å². The maximum Gasteiger partial charge on any atom is 0.273 e. The van der Waals surface area contributed by atoms with Gasteiger partial charge in [0.2, 0.25) is 11.8 Å². The van der Waals surface area contributed by atoms with E-state index in [0.717, 1.165) is 0 Å². The van der Waals surface area contributed by atoms with E-state index in [4.69, 9.17) is 4.74 Å². The largest absolute Gasteiger partial charge is 0.494 e. The molecule has 0 aliphatic carbocycles. The summed E-state index contributed by atoms with van der Waals surface area (Å²) in [5.41, 5.74) is -0.150. The van der Waals surface area contributed by atoms with Crippen LogP contribution in [0.15, 0.2) is 18.2 Å². The molecule has 0 fully saturated rings. The number of carbonyl (C=O) groups is 2. The van der Waals surface area contributed by atoms with E-state index in [1.165, 1.54) is 25.3 Å². The van der Waals surface area contributed by atoms with Crippen LogP contribution >= 0.6 is 0 Å². The number of rotatable bonds is 7. The molecule has 9 nitrogen and oxygen atoms in total. The van der Waals surface area contributed by atoms with E-state index in [1.54, 1.807) is 11.9 Å². The van der Waals surface area contributed by atoms with Gasteiger partial charge in [0, 0.05) is 11.6 Å². The zero-order valence-corrected chi connectivity index (χ0v) is 15.1. The van der Waals surface area contributed by atoms with E-state index in [0.29, 0.717) is 5.69 Å². The number of nitro groups is 1. The Hall–Kier alpha value is -2.68. The van der Waals surface area contributed by atoms with Gasteiger partial charge in [-0.05, 0) is 33.9 Å². The van der Waals surface area contributed by atoms with Crippen LogP contribution < -0.4 is 15.4 Å². The van der Waals surface area contributed by atoms with E-state index in [9.17, 15) is 19.7 Å². The average molecular weight is 352 g/mol. The second-order valence-corrected chi connectivity index (χ2v) is 6.66. The lowest BCUT2D eigenvalue weighted by atomic mass is 10.1. The number of carbonyl (C=O) groups excluding carboxylic acids is 2. The molecule has 0 aliphatic rings. The van der Waals surface area contributed by atoms with Crippen molar-refractivity contribution in [2.75, 3.05) is 32.6 Å². The summed E-state index contributed by atoms with van der Waals surface area (Å²) in [6, 6.07) is 3.91. The van der Waals surface area contributed by atoms with E-state index in [1.807, 2.05) is 20.8 Å². The van der Waals surface area contributed by atoms with Gasteiger partial charge in [-0.2, -0.15) is 0 Å². The highest BCUT2D eigenvalue weighted by molar-refractivity contribution is 5.94. The van der Waals surface area contributed by atoms with Gasteiger partial charge in [0.25, 0.3) is 5.69 Å². The molecule has 2 amide bonds. The molecule has 0 saturated carbocycles. The molecule has 0 bridgehead atoms. The van der Waals surface area contributed by atoms with Crippen molar-refractivity contribution in [1.29, 1.82) is 0 Å². The average Bonchev–Trinajstić information content (AvgIpc) is 2.44. The lowest BCUT2D eigenvalue weighted by molar-refractivity contribution is -0.384. The number of benzene rings is 1. The van der Waals surface area contributed by atoms with E-state index < -0.39 is 4.92 Å². The Balaban J connectivity index is 2.64. The van der Waals surface area contributed by atoms with Gasteiger partial charge < -0.3 is 15.4 Å². The summed E-state index contributed by atoms with van der Waals surface area (Å²) in [7, 11) is 3.01. The summed E-state index contributed by atoms with van der Waals surface area (Å²) >= 11 is 0. The maximum absolute atomic E-state index is 12.1. The third-order valence-corrected chi connectivity index (χ3v) is 3.01. The van der Waals surface area contributed by atoms with Crippen molar-refractivity contribution in [3.63, 3.8) is 0 Å². The number of nitrogens with one attached hydrogen (secondary N) is 2. The topological polar surface area (TPSA) is 114 Å². The molecule has 1 aromatic rings. The smallest absolute Gasteiger partial charge is 0.273 e. The number of hydrogen-bond donors (Lipinski definition) is 2. The Morgan fingerprint density at radius 3 is 2.36 bits per heavy atom. The highest BCUT2D eigenvalue weighted by Crippen LogP contribution is 2.28. The second kappa shape index (κ2) is 8.43. The van der Waals surface area contributed by atoms with Crippen LogP contribution in [0.5, 0.6) is 5.75 Å². The zero-order chi connectivity index (χ0) is 19.2. The van der Waals surface area contributed by atoms with Crippen LogP contribution in [0.25, 0.3) is 0 Å². The SMILES string of the molecule is COc1cc([N+](=O)[O-])ccc1NC(=O)CN(C)CC(=O)NC(C)(C)C. The molecule has 0 radical (unpaired) electrons. The zero-order valence-electron chi connectivity index (χ0n) is 15.1. The van der Waals surface area contributed by atoms with Crippen molar-refractivity contribution in [3.8, 4) is 5.75 Å². The Kier molecular flexibility index (Phi) is 6.86. The fourth-order valence-corrected chi connectivity index (χ4v) is 2.09. The fraction of sp³-hybridized carbons (Fsp3) is 0.500. The van der Waals surface area contributed by atoms with E-state index in [-0.39, 0.29) is 41.9 Å². The Labute approximate surface area is 146 Å². The summed E-state index contributed by atoms with van der Waals surface area (Å²) < 4.78 is 5.06. The van der Waals surface area contributed by atoms with Crippen LogP contribution in [-0.4, -0.2) is 54.4 Å². The van der Waals surface area contributed by atoms with E-state index >= 15 is 0 Å². The number of likely N-dealkylation sites (N-methyl/N-ethyl adjacent to an activating group) is 1. The van der Waals surface area contributed by atoms with Gasteiger partial charge in [0.1, 0.15) is 5.75 Å². The van der Waals surface area contributed by atoms with Gasteiger partial charge in [0.05, 0.1) is 36.9 Å². The molecule has 0 aliphatic heterocycles. The third-order valence-electron chi connectivity index (χ3n) is 3.01. The molecular formula is C16H24N4O5. The highest BCUT2D eigenvalue weighted by Gasteiger charge is 2.18. The van der Waals surface area contributed by atoms with Crippen molar-refractivity contribution < 1.29 is 19.2 Å². The molecule has 1 rings (SSSR count). The minimum absolute atomic E-state index is 0.0162. The Bertz CT molecular complexity index is 654. The lowest BCUT2D eigenvalue weighted by Crippen LogP contribution is -2.46. The van der Waals surface area contributed by atoms with E-state index in [2.05, 4.69) is 10.6 Å². The monoisotopic (exact) mass is 352 g/mol. The number of ether oxygens (including phenoxy) is 1. The predicted molar refractivity (Wildman–Crippen MR) is 93.7 cm³/mol. The fourth-order valence-electron chi connectivity index (χ4n) is 2.09. The standard InChI is InChI=1S/C16H24N4O5/c1-16(2,3)18-15(22)10-19(4)9-14(21)17-12-7-6-11(20(23)24)8-13(12)25-5/h6-8H,9-10H2,1-5H3,(H,17,21)(H,18,22).